The van der Waals surface area contributed by atoms with Crippen LogP contribution in [0.25, 0.3) is 0 Å². The zero-order valence-corrected chi connectivity index (χ0v) is 9.72. The van der Waals surface area contributed by atoms with Gasteiger partial charge in [-0.25, -0.2) is 0 Å². The van der Waals surface area contributed by atoms with Crippen molar-refractivity contribution in [1.29, 1.82) is 0 Å². The minimum Gasteiger partial charge on any atom is -0.382 e. The first-order valence-electron chi connectivity index (χ1n) is 5.14. The summed E-state index contributed by atoms with van der Waals surface area (Å²) in [6, 6.07) is 6.13. The summed E-state index contributed by atoms with van der Waals surface area (Å²) < 4.78 is 0. The van der Waals surface area contributed by atoms with Gasteiger partial charge in [0.1, 0.15) is 0 Å². The van der Waals surface area contributed by atoms with Crippen molar-refractivity contribution in [2.45, 2.75) is 26.8 Å². The van der Waals surface area contributed by atoms with E-state index < -0.39 is 0 Å². The molecule has 3 heteroatoms. The molecule has 15 heavy (non-hydrogen) atoms. The first-order chi connectivity index (χ1) is 7.06. The average molecular weight is 206 g/mol. The van der Waals surface area contributed by atoms with Gasteiger partial charge in [0.15, 0.2) is 0 Å². The summed E-state index contributed by atoms with van der Waals surface area (Å²) in [6.45, 7) is 6.04. The smallest absolute Gasteiger partial charge is 0.253 e. The number of hydrogen-bond acceptors (Lipinski definition) is 2. The molecule has 1 amide bonds. The summed E-state index contributed by atoms with van der Waals surface area (Å²) in [4.78, 5) is 11.7. The molecule has 0 aromatic heterocycles. The molecule has 0 fully saturated rings. The molecule has 0 radical (unpaired) electrons. The fraction of sp³-hybridized carbons (Fsp3) is 0.417. The van der Waals surface area contributed by atoms with Crippen LogP contribution in [0.4, 0.5) is 5.69 Å². The molecule has 1 rings (SSSR count). The average Bonchev–Trinajstić information content (AvgIpc) is 2.16. The number of aryl methyl sites for hydroxylation is 1. The minimum absolute atomic E-state index is 0.0451. The highest BCUT2D eigenvalue weighted by Crippen LogP contribution is 2.20. The van der Waals surface area contributed by atoms with E-state index in [1.54, 1.807) is 7.05 Å². The van der Waals surface area contributed by atoms with Gasteiger partial charge in [-0.05, 0) is 32.4 Å². The second kappa shape index (κ2) is 4.82. The topological polar surface area (TPSA) is 41.1 Å². The van der Waals surface area contributed by atoms with Gasteiger partial charge in [0.25, 0.3) is 5.91 Å². The van der Waals surface area contributed by atoms with Gasteiger partial charge in [-0.15, -0.1) is 0 Å². The third kappa shape index (κ3) is 2.72. The number of benzene rings is 1. The van der Waals surface area contributed by atoms with Crippen molar-refractivity contribution in [2.75, 3.05) is 12.4 Å². The van der Waals surface area contributed by atoms with E-state index in [1.165, 1.54) is 0 Å². The SMILES string of the molecule is CNC(=O)c1c(C)cccc1NC(C)C. The second-order valence-electron chi connectivity index (χ2n) is 3.88. The zero-order valence-electron chi connectivity index (χ0n) is 9.72. The van der Waals surface area contributed by atoms with E-state index in [2.05, 4.69) is 24.5 Å². The third-order valence-corrected chi connectivity index (χ3v) is 2.17. The third-order valence-electron chi connectivity index (χ3n) is 2.17. The molecule has 0 aliphatic heterocycles. The zero-order chi connectivity index (χ0) is 11.4. The number of carbonyl (C=O) groups is 1. The quantitative estimate of drug-likeness (QED) is 0.795. The molecule has 0 bridgehead atoms. The van der Waals surface area contributed by atoms with Crippen molar-refractivity contribution >= 4 is 11.6 Å². The maximum absolute atomic E-state index is 11.7. The molecule has 0 aliphatic carbocycles. The van der Waals surface area contributed by atoms with Crippen molar-refractivity contribution in [2.24, 2.45) is 0 Å². The Bertz CT molecular complexity index is 359. The number of rotatable bonds is 3. The normalized spacial score (nSPS) is 10.2. The lowest BCUT2D eigenvalue weighted by Gasteiger charge is -2.15. The lowest BCUT2D eigenvalue weighted by molar-refractivity contribution is 0.0963. The highest BCUT2D eigenvalue weighted by atomic mass is 16.1. The van der Waals surface area contributed by atoms with E-state index in [4.69, 9.17) is 0 Å². The van der Waals surface area contributed by atoms with Crippen LogP contribution in [-0.4, -0.2) is 19.0 Å². The van der Waals surface area contributed by atoms with Crippen LogP contribution in [0.3, 0.4) is 0 Å². The minimum atomic E-state index is -0.0451. The Labute approximate surface area is 90.9 Å². The molecule has 0 spiro atoms. The lowest BCUT2D eigenvalue weighted by atomic mass is 10.1. The molecule has 1 aromatic rings. The molecule has 82 valence electrons. The monoisotopic (exact) mass is 206 g/mol. The van der Waals surface area contributed by atoms with Gasteiger partial charge in [0, 0.05) is 18.8 Å². The number of amides is 1. The molecule has 0 saturated heterocycles. The van der Waals surface area contributed by atoms with Crippen molar-refractivity contribution in [3.05, 3.63) is 29.3 Å². The van der Waals surface area contributed by atoms with Crippen LogP contribution in [-0.2, 0) is 0 Å². The molecule has 0 aliphatic rings. The summed E-state index contributed by atoms with van der Waals surface area (Å²) in [5.41, 5.74) is 2.61. The fourth-order valence-corrected chi connectivity index (χ4v) is 1.53. The van der Waals surface area contributed by atoms with Crippen molar-refractivity contribution in [1.82, 2.24) is 5.32 Å². The summed E-state index contributed by atoms with van der Waals surface area (Å²) >= 11 is 0. The lowest BCUT2D eigenvalue weighted by Crippen LogP contribution is -2.22. The van der Waals surface area contributed by atoms with Gasteiger partial charge in [-0.2, -0.15) is 0 Å². The molecule has 3 nitrogen and oxygen atoms in total. The molecule has 0 heterocycles. The van der Waals surface area contributed by atoms with E-state index in [0.29, 0.717) is 6.04 Å². The van der Waals surface area contributed by atoms with Crippen LogP contribution in [0, 0.1) is 6.92 Å². The molecule has 0 unspecified atom stereocenters. The van der Waals surface area contributed by atoms with E-state index in [-0.39, 0.29) is 5.91 Å². The Morgan fingerprint density at radius 3 is 2.53 bits per heavy atom. The summed E-state index contributed by atoms with van der Waals surface area (Å²) in [5.74, 6) is -0.0451. The summed E-state index contributed by atoms with van der Waals surface area (Å²) in [5, 5.41) is 5.93. The predicted octanol–water partition coefficient (Wildman–Crippen LogP) is 2.17. The van der Waals surface area contributed by atoms with E-state index in [1.807, 2.05) is 25.1 Å². The Hall–Kier alpha value is -1.51. The van der Waals surface area contributed by atoms with Crippen LogP contribution >= 0.6 is 0 Å². The first-order valence-corrected chi connectivity index (χ1v) is 5.14. The van der Waals surface area contributed by atoms with Gasteiger partial charge in [-0.1, -0.05) is 12.1 Å². The highest BCUT2D eigenvalue weighted by Gasteiger charge is 2.12. The highest BCUT2D eigenvalue weighted by molar-refractivity contribution is 6.00. The predicted molar refractivity (Wildman–Crippen MR) is 63.3 cm³/mol. The van der Waals surface area contributed by atoms with E-state index >= 15 is 0 Å². The van der Waals surface area contributed by atoms with Gasteiger partial charge < -0.3 is 10.6 Å². The largest absolute Gasteiger partial charge is 0.382 e. The molecule has 0 atom stereocenters. The number of carbonyl (C=O) groups excluding carboxylic acids is 1. The van der Waals surface area contributed by atoms with Crippen LogP contribution in [0.2, 0.25) is 0 Å². The number of anilines is 1. The Balaban J connectivity index is 3.14. The van der Waals surface area contributed by atoms with E-state index in [9.17, 15) is 4.79 Å². The number of nitrogens with one attached hydrogen (secondary N) is 2. The van der Waals surface area contributed by atoms with Gasteiger partial charge in [0.2, 0.25) is 0 Å². The molecule has 2 N–H and O–H groups in total. The standard InChI is InChI=1S/C12H18N2O/c1-8(2)14-10-7-5-6-9(3)11(10)12(15)13-4/h5-8,14H,1-4H3,(H,13,15). The maximum Gasteiger partial charge on any atom is 0.253 e. The summed E-state index contributed by atoms with van der Waals surface area (Å²) in [7, 11) is 1.65. The van der Waals surface area contributed by atoms with Crippen LogP contribution < -0.4 is 10.6 Å². The summed E-state index contributed by atoms with van der Waals surface area (Å²) in [6.07, 6.45) is 0. The van der Waals surface area contributed by atoms with Gasteiger partial charge in [-0.3, -0.25) is 4.79 Å². The second-order valence-corrected chi connectivity index (χ2v) is 3.88. The molecule has 0 saturated carbocycles. The van der Waals surface area contributed by atoms with Gasteiger partial charge >= 0.3 is 0 Å². The van der Waals surface area contributed by atoms with Crippen molar-refractivity contribution < 1.29 is 4.79 Å². The van der Waals surface area contributed by atoms with Crippen LogP contribution in [0.1, 0.15) is 29.8 Å². The molecule has 1 aromatic carbocycles. The molecular weight excluding hydrogens is 188 g/mol. The van der Waals surface area contributed by atoms with Crippen molar-refractivity contribution in [3.8, 4) is 0 Å². The molecular formula is C12H18N2O. The maximum atomic E-state index is 11.7. The Morgan fingerprint density at radius 2 is 2.00 bits per heavy atom. The Kier molecular flexibility index (Phi) is 3.72. The Morgan fingerprint density at radius 1 is 1.33 bits per heavy atom. The fourth-order valence-electron chi connectivity index (χ4n) is 1.53. The van der Waals surface area contributed by atoms with Gasteiger partial charge in [0.05, 0.1) is 5.56 Å². The van der Waals surface area contributed by atoms with Crippen LogP contribution in [0.5, 0.6) is 0 Å². The first kappa shape index (κ1) is 11.6. The van der Waals surface area contributed by atoms with Crippen LogP contribution in [0.15, 0.2) is 18.2 Å². The van der Waals surface area contributed by atoms with E-state index in [0.717, 1.165) is 16.8 Å². The van der Waals surface area contributed by atoms with Crippen molar-refractivity contribution in [3.63, 3.8) is 0 Å². The number of hydrogen-bond donors (Lipinski definition) is 2.